The molecule has 0 bridgehead atoms. The Kier molecular flexibility index (Phi) is 6.71. The molecule has 3 aromatic rings. The van der Waals surface area contributed by atoms with Crippen LogP contribution in [0.25, 0.3) is 11.4 Å². The standard InChI is InChI=1S/C21H21N3O7/c1-12-4-6-13(7-5-12)20-23-18(31-24-20)11-30-21(26)14-8-15(27-2)19(16(9-14)28-3)29-10-17(22)25/h4-9H,10-11H2,1-3H3,(H2,22,25). The molecule has 10 nitrogen and oxygen atoms in total. The summed E-state index contributed by atoms with van der Waals surface area (Å²) in [6.07, 6.45) is 0. The Morgan fingerprint density at radius 3 is 2.29 bits per heavy atom. The van der Waals surface area contributed by atoms with Gasteiger partial charge in [-0.25, -0.2) is 4.79 Å². The van der Waals surface area contributed by atoms with Gasteiger partial charge in [0.2, 0.25) is 11.6 Å². The van der Waals surface area contributed by atoms with E-state index >= 15 is 0 Å². The predicted octanol–water partition coefficient (Wildman–Crippen LogP) is 2.28. The first-order valence-electron chi connectivity index (χ1n) is 9.15. The highest BCUT2D eigenvalue weighted by Gasteiger charge is 2.20. The van der Waals surface area contributed by atoms with Crippen LogP contribution in [0, 0.1) is 6.92 Å². The summed E-state index contributed by atoms with van der Waals surface area (Å²) in [4.78, 5) is 27.7. The van der Waals surface area contributed by atoms with Crippen molar-refractivity contribution in [3.63, 3.8) is 0 Å². The molecule has 0 saturated carbocycles. The summed E-state index contributed by atoms with van der Waals surface area (Å²) in [6, 6.07) is 10.4. The van der Waals surface area contributed by atoms with Crippen LogP contribution in [0.4, 0.5) is 0 Å². The Hall–Kier alpha value is -4.08. The van der Waals surface area contributed by atoms with Crippen LogP contribution in [0.2, 0.25) is 0 Å². The molecule has 0 aliphatic rings. The highest BCUT2D eigenvalue weighted by molar-refractivity contribution is 5.91. The van der Waals surface area contributed by atoms with Crippen molar-refractivity contribution in [2.45, 2.75) is 13.5 Å². The third kappa shape index (κ3) is 5.30. The maximum Gasteiger partial charge on any atom is 0.338 e. The molecule has 3 rings (SSSR count). The molecule has 0 aliphatic heterocycles. The molecular weight excluding hydrogens is 406 g/mol. The molecule has 10 heteroatoms. The zero-order chi connectivity index (χ0) is 22.4. The zero-order valence-electron chi connectivity index (χ0n) is 17.2. The number of carbonyl (C=O) groups is 2. The first-order chi connectivity index (χ1) is 14.9. The minimum absolute atomic E-state index is 0.137. The molecule has 0 atom stereocenters. The number of hydrogen-bond donors (Lipinski definition) is 1. The number of primary amides is 1. The smallest absolute Gasteiger partial charge is 0.338 e. The largest absolute Gasteiger partial charge is 0.493 e. The van der Waals surface area contributed by atoms with Gasteiger partial charge in [-0.1, -0.05) is 35.0 Å². The monoisotopic (exact) mass is 427 g/mol. The molecule has 31 heavy (non-hydrogen) atoms. The second kappa shape index (κ2) is 9.61. The van der Waals surface area contributed by atoms with E-state index in [9.17, 15) is 9.59 Å². The highest BCUT2D eigenvalue weighted by atomic mass is 16.6. The van der Waals surface area contributed by atoms with Crippen LogP contribution in [0.15, 0.2) is 40.9 Å². The van der Waals surface area contributed by atoms with Gasteiger partial charge in [0, 0.05) is 5.56 Å². The van der Waals surface area contributed by atoms with Crippen molar-refractivity contribution in [2.24, 2.45) is 5.73 Å². The Balaban J connectivity index is 1.71. The fraction of sp³-hybridized carbons (Fsp3) is 0.238. The lowest BCUT2D eigenvalue weighted by molar-refractivity contribution is -0.120. The number of methoxy groups -OCH3 is 2. The van der Waals surface area contributed by atoms with E-state index in [0.717, 1.165) is 11.1 Å². The van der Waals surface area contributed by atoms with E-state index in [4.69, 9.17) is 29.2 Å². The van der Waals surface area contributed by atoms with Crippen molar-refractivity contribution in [1.82, 2.24) is 10.1 Å². The number of esters is 1. The number of amides is 1. The molecule has 0 fully saturated rings. The number of hydrogen-bond acceptors (Lipinski definition) is 9. The normalized spacial score (nSPS) is 10.4. The highest BCUT2D eigenvalue weighted by Crippen LogP contribution is 2.38. The lowest BCUT2D eigenvalue weighted by Gasteiger charge is -2.15. The molecule has 2 aromatic carbocycles. The number of aryl methyl sites for hydroxylation is 1. The average molecular weight is 427 g/mol. The fourth-order valence-electron chi connectivity index (χ4n) is 2.63. The molecular formula is C21H21N3O7. The quantitative estimate of drug-likeness (QED) is 0.510. The van der Waals surface area contributed by atoms with Gasteiger partial charge in [-0.05, 0) is 19.1 Å². The van der Waals surface area contributed by atoms with Crippen molar-refractivity contribution < 1.29 is 33.1 Å². The number of nitrogens with two attached hydrogens (primary N) is 1. The van der Waals surface area contributed by atoms with E-state index in [2.05, 4.69) is 10.1 Å². The van der Waals surface area contributed by atoms with Crippen molar-refractivity contribution in [3.05, 3.63) is 53.4 Å². The lowest BCUT2D eigenvalue weighted by atomic mass is 10.1. The number of rotatable bonds is 9. The van der Waals surface area contributed by atoms with Crippen LogP contribution >= 0.6 is 0 Å². The number of carbonyl (C=O) groups excluding carboxylic acids is 2. The van der Waals surface area contributed by atoms with Crippen molar-refractivity contribution in [3.8, 4) is 28.6 Å². The summed E-state index contributed by atoms with van der Waals surface area (Å²) in [5.74, 6) is -0.320. The summed E-state index contributed by atoms with van der Waals surface area (Å²) in [6.45, 7) is 1.38. The Morgan fingerprint density at radius 2 is 1.71 bits per heavy atom. The molecule has 0 unspecified atom stereocenters. The van der Waals surface area contributed by atoms with Crippen LogP contribution in [0.5, 0.6) is 17.2 Å². The van der Waals surface area contributed by atoms with Crippen molar-refractivity contribution in [2.75, 3.05) is 20.8 Å². The summed E-state index contributed by atoms with van der Waals surface area (Å²) in [7, 11) is 2.76. The first-order valence-corrected chi connectivity index (χ1v) is 9.15. The van der Waals surface area contributed by atoms with Crippen LogP contribution in [0.3, 0.4) is 0 Å². The Morgan fingerprint density at radius 1 is 1.06 bits per heavy atom. The number of aromatic nitrogens is 2. The van der Waals surface area contributed by atoms with Gasteiger partial charge < -0.3 is 29.2 Å². The molecule has 0 aliphatic carbocycles. The van der Waals surface area contributed by atoms with Gasteiger partial charge in [0.15, 0.2) is 24.7 Å². The lowest BCUT2D eigenvalue weighted by Crippen LogP contribution is -2.20. The SMILES string of the molecule is COc1cc(C(=O)OCc2nc(-c3ccc(C)cc3)no2)cc(OC)c1OCC(N)=O. The summed E-state index contributed by atoms with van der Waals surface area (Å²) >= 11 is 0. The molecule has 1 amide bonds. The van der Waals surface area contributed by atoms with Gasteiger partial charge in [0.05, 0.1) is 19.8 Å². The summed E-state index contributed by atoms with van der Waals surface area (Å²) in [5, 5.41) is 3.90. The number of ether oxygens (including phenoxy) is 4. The Bertz CT molecular complexity index is 1050. The molecule has 1 heterocycles. The maximum absolute atomic E-state index is 12.5. The second-order valence-electron chi connectivity index (χ2n) is 6.42. The van der Waals surface area contributed by atoms with E-state index in [1.54, 1.807) is 0 Å². The molecule has 0 spiro atoms. The van der Waals surface area contributed by atoms with Gasteiger partial charge in [-0.2, -0.15) is 4.98 Å². The van der Waals surface area contributed by atoms with Crippen molar-refractivity contribution >= 4 is 11.9 Å². The first kappa shape index (κ1) is 21.6. The second-order valence-corrected chi connectivity index (χ2v) is 6.42. The minimum atomic E-state index is -0.673. The predicted molar refractivity (Wildman–Crippen MR) is 108 cm³/mol. The van der Waals surface area contributed by atoms with Gasteiger partial charge in [-0.3, -0.25) is 4.79 Å². The van der Waals surface area contributed by atoms with Crippen molar-refractivity contribution in [1.29, 1.82) is 0 Å². The van der Waals surface area contributed by atoms with Gasteiger partial charge >= 0.3 is 5.97 Å². The zero-order valence-corrected chi connectivity index (χ0v) is 17.2. The van der Waals surface area contributed by atoms with Crippen LogP contribution < -0.4 is 19.9 Å². The van der Waals surface area contributed by atoms with Gasteiger partial charge in [-0.15, -0.1) is 0 Å². The van der Waals surface area contributed by atoms with E-state index < -0.39 is 11.9 Å². The van der Waals surface area contributed by atoms with Crippen LogP contribution in [-0.4, -0.2) is 42.8 Å². The molecule has 2 N–H and O–H groups in total. The molecule has 1 aromatic heterocycles. The van der Waals surface area contributed by atoms with E-state index in [0.29, 0.717) is 5.82 Å². The summed E-state index contributed by atoms with van der Waals surface area (Å²) in [5.41, 5.74) is 7.13. The van der Waals surface area contributed by atoms with Crippen LogP contribution in [-0.2, 0) is 16.1 Å². The average Bonchev–Trinajstić information content (AvgIpc) is 3.24. The minimum Gasteiger partial charge on any atom is -0.493 e. The maximum atomic E-state index is 12.5. The fourth-order valence-corrected chi connectivity index (χ4v) is 2.63. The number of benzene rings is 2. The summed E-state index contributed by atoms with van der Waals surface area (Å²) < 4.78 is 26.2. The molecule has 0 saturated heterocycles. The van der Waals surface area contributed by atoms with E-state index in [1.165, 1.54) is 26.4 Å². The van der Waals surface area contributed by atoms with E-state index in [1.807, 2.05) is 31.2 Å². The van der Waals surface area contributed by atoms with Gasteiger partial charge in [0.25, 0.3) is 11.8 Å². The molecule has 0 radical (unpaired) electrons. The van der Waals surface area contributed by atoms with Crippen LogP contribution in [0.1, 0.15) is 21.8 Å². The number of nitrogens with zero attached hydrogens (tertiary/aromatic N) is 2. The van der Waals surface area contributed by atoms with E-state index in [-0.39, 0.29) is 41.9 Å². The third-order valence-electron chi connectivity index (χ3n) is 4.16. The van der Waals surface area contributed by atoms with Gasteiger partial charge in [0.1, 0.15) is 0 Å². The Labute approximate surface area is 177 Å². The topological polar surface area (TPSA) is 136 Å². The third-order valence-corrected chi connectivity index (χ3v) is 4.16. The molecule has 162 valence electrons.